The van der Waals surface area contributed by atoms with Gasteiger partial charge in [-0.2, -0.15) is 0 Å². The number of nitrogens with one attached hydrogen (secondary N) is 2. The Kier molecular flexibility index (Phi) is 6.73. The summed E-state index contributed by atoms with van der Waals surface area (Å²) in [7, 11) is 0. The molecule has 3 heterocycles. The lowest BCUT2D eigenvalue weighted by Crippen LogP contribution is -2.57. The van der Waals surface area contributed by atoms with Crippen LogP contribution >= 0.6 is 23.2 Å². The molecule has 0 aromatic heterocycles. The van der Waals surface area contributed by atoms with E-state index < -0.39 is 40.8 Å². The van der Waals surface area contributed by atoms with Gasteiger partial charge in [0.25, 0.3) is 0 Å². The number of hydrogen-bond acceptors (Lipinski definition) is 4. The van der Waals surface area contributed by atoms with Crippen LogP contribution in [0.25, 0.3) is 0 Å². The molecule has 3 aromatic rings. The first-order valence-corrected chi connectivity index (χ1v) is 13.4. The normalized spacial score (nSPS) is 24.8. The summed E-state index contributed by atoms with van der Waals surface area (Å²) in [5.41, 5.74) is -0.235. The summed E-state index contributed by atoms with van der Waals surface area (Å²) < 4.78 is 41.7. The molecule has 10 heteroatoms. The Morgan fingerprint density at radius 2 is 1.67 bits per heavy atom. The second-order valence-electron chi connectivity index (χ2n) is 10.0. The van der Waals surface area contributed by atoms with Crippen molar-refractivity contribution < 1.29 is 27.8 Å². The van der Waals surface area contributed by atoms with Gasteiger partial charge < -0.3 is 20.1 Å². The predicted octanol–water partition coefficient (Wildman–Crippen LogP) is 6.06. The minimum Gasteiger partial charge on any atom is -0.490 e. The summed E-state index contributed by atoms with van der Waals surface area (Å²) in [4.78, 5) is 27.4. The molecule has 2 fully saturated rings. The third-order valence-corrected chi connectivity index (χ3v) is 8.30. The highest BCUT2D eigenvalue weighted by Gasteiger charge is 2.62. The SMILES string of the molecule is O=C1CC(c2cc(F)ccc2F)C2(C(=O)Nc3cc(Cl)ccc32)C(c2cc(Cl)ccc2OC2CCOCC2)N1. The molecule has 39 heavy (non-hydrogen) atoms. The molecule has 3 unspecified atom stereocenters. The number of rotatable bonds is 4. The van der Waals surface area contributed by atoms with Crippen LogP contribution in [0.3, 0.4) is 0 Å². The lowest BCUT2D eigenvalue weighted by atomic mass is 9.59. The Morgan fingerprint density at radius 1 is 0.923 bits per heavy atom. The predicted molar refractivity (Wildman–Crippen MR) is 142 cm³/mol. The van der Waals surface area contributed by atoms with Gasteiger partial charge in [0.15, 0.2) is 0 Å². The number of carbonyl (C=O) groups is 2. The molecule has 0 radical (unpaired) electrons. The molecule has 3 aromatic carbocycles. The second kappa shape index (κ2) is 10.1. The Labute approximate surface area is 233 Å². The van der Waals surface area contributed by atoms with Crippen LogP contribution in [0.4, 0.5) is 14.5 Å². The number of benzene rings is 3. The highest BCUT2D eigenvalue weighted by atomic mass is 35.5. The van der Waals surface area contributed by atoms with Crippen LogP contribution in [0.15, 0.2) is 54.6 Å². The molecule has 2 N–H and O–H groups in total. The Hall–Kier alpha value is -3.20. The van der Waals surface area contributed by atoms with Gasteiger partial charge in [-0.3, -0.25) is 9.59 Å². The maximum absolute atomic E-state index is 15.4. The summed E-state index contributed by atoms with van der Waals surface area (Å²) in [5.74, 6) is -2.91. The van der Waals surface area contributed by atoms with Gasteiger partial charge in [0, 0.05) is 46.5 Å². The monoisotopic (exact) mass is 572 g/mol. The van der Waals surface area contributed by atoms with E-state index in [-0.39, 0.29) is 18.1 Å². The van der Waals surface area contributed by atoms with E-state index >= 15 is 4.39 Å². The average molecular weight is 573 g/mol. The van der Waals surface area contributed by atoms with Crippen molar-refractivity contribution in [3.63, 3.8) is 0 Å². The number of anilines is 1. The smallest absolute Gasteiger partial charge is 0.238 e. The van der Waals surface area contributed by atoms with Crippen molar-refractivity contribution in [3.8, 4) is 5.75 Å². The van der Waals surface area contributed by atoms with Crippen molar-refractivity contribution in [2.75, 3.05) is 18.5 Å². The van der Waals surface area contributed by atoms with Crippen LogP contribution in [0.2, 0.25) is 10.0 Å². The number of halogens is 4. The summed E-state index contributed by atoms with van der Waals surface area (Å²) in [5, 5.41) is 6.61. The average Bonchev–Trinajstić information content (AvgIpc) is 3.19. The first-order valence-electron chi connectivity index (χ1n) is 12.7. The van der Waals surface area contributed by atoms with E-state index in [2.05, 4.69) is 10.6 Å². The lowest BCUT2D eigenvalue weighted by Gasteiger charge is -2.46. The van der Waals surface area contributed by atoms with Gasteiger partial charge in [-0.1, -0.05) is 29.3 Å². The van der Waals surface area contributed by atoms with Crippen LogP contribution in [0, 0.1) is 11.6 Å². The molecule has 2 amide bonds. The molecule has 0 saturated carbocycles. The minimum absolute atomic E-state index is 0.0678. The van der Waals surface area contributed by atoms with E-state index in [1.54, 1.807) is 36.4 Å². The third kappa shape index (κ3) is 4.44. The maximum Gasteiger partial charge on any atom is 0.238 e. The Balaban J connectivity index is 1.59. The number of fused-ring (bicyclic) bond motifs is 2. The molecule has 0 bridgehead atoms. The molecular weight excluding hydrogens is 549 g/mol. The Bertz CT molecular complexity index is 1480. The van der Waals surface area contributed by atoms with Gasteiger partial charge in [-0.15, -0.1) is 0 Å². The van der Waals surface area contributed by atoms with Crippen LogP contribution < -0.4 is 15.4 Å². The van der Waals surface area contributed by atoms with Gasteiger partial charge in [0.1, 0.15) is 28.9 Å². The number of amides is 2. The van der Waals surface area contributed by atoms with E-state index in [4.69, 9.17) is 32.7 Å². The van der Waals surface area contributed by atoms with Gasteiger partial charge in [-0.25, -0.2) is 8.78 Å². The van der Waals surface area contributed by atoms with Crippen molar-refractivity contribution >= 4 is 40.7 Å². The van der Waals surface area contributed by atoms with Gasteiger partial charge >= 0.3 is 0 Å². The van der Waals surface area contributed by atoms with E-state index in [0.29, 0.717) is 58.7 Å². The van der Waals surface area contributed by atoms with Crippen molar-refractivity contribution in [2.45, 2.75) is 42.7 Å². The first-order chi connectivity index (χ1) is 18.8. The summed E-state index contributed by atoms with van der Waals surface area (Å²) in [6, 6.07) is 12.0. The zero-order valence-corrected chi connectivity index (χ0v) is 22.1. The number of ether oxygens (including phenoxy) is 2. The fourth-order valence-corrected chi connectivity index (χ4v) is 6.48. The van der Waals surface area contributed by atoms with Crippen LogP contribution in [0.1, 0.15) is 47.9 Å². The molecule has 3 aliphatic heterocycles. The summed E-state index contributed by atoms with van der Waals surface area (Å²) >= 11 is 12.7. The summed E-state index contributed by atoms with van der Waals surface area (Å²) in [6.07, 6.45) is 0.948. The maximum atomic E-state index is 15.4. The number of hydrogen-bond donors (Lipinski definition) is 2. The van der Waals surface area contributed by atoms with Crippen LogP contribution in [-0.4, -0.2) is 31.1 Å². The van der Waals surface area contributed by atoms with E-state index in [1.165, 1.54) is 0 Å². The zero-order valence-electron chi connectivity index (χ0n) is 20.6. The summed E-state index contributed by atoms with van der Waals surface area (Å²) in [6.45, 7) is 1.10. The molecule has 1 spiro atoms. The van der Waals surface area contributed by atoms with E-state index in [1.807, 2.05) is 0 Å². The molecule has 6 rings (SSSR count). The molecular formula is C29H24Cl2F2N2O4. The lowest BCUT2D eigenvalue weighted by molar-refractivity contribution is -0.131. The van der Waals surface area contributed by atoms with Gasteiger partial charge in [0.05, 0.1) is 19.3 Å². The third-order valence-electron chi connectivity index (χ3n) is 7.83. The number of piperidine rings is 1. The largest absolute Gasteiger partial charge is 0.490 e. The Morgan fingerprint density at radius 3 is 2.46 bits per heavy atom. The van der Waals surface area contributed by atoms with Crippen LogP contribution in [0.5, 0.6) is 5.75 Å². The molecule has 3 aliphatic rings. The van der Waals surface area contributed by atoms with Crippen molar-refractivity contribution in [1.29, 1.82) is 0 Å². The zero-order chi connectivity index (χ0) is 27.3. The first kappa shape index (κ1) is 26.0. The van der Waals surface area contributed by atoms with E-state index in [0.717, 1.165) is 18.2 Å². The molecule has 3 atom stereocenters. The highest BCUT2D eigenvalue weighted by molar-refractivity contribution is 6.31. The highest BCUT2D eigenvalue weighted by Crippen LogP contribution is 2.59. The molecule has 202 valence electrons. The van der Waals surface area contributed by atoms with Gasteiger partial charge in [-0.05, 0) is 59.7 Å². The standard InChI is InChI=1S/C29H24Cl2F2N2O4/c30-15-2-6-25(39-18-7-9-38-10-8-18)20(11-15)27-29(21-4-1-16(31)12-24(21)34-28(29)37)22(14-26(36)35-27)19-13-17(32)3-5-23(19)33/h1-6,11-13,18,22,27H,7-10,14H2,(H,34,37)(H,35,36). The fraction of sp³-hybridized carbons (Fsp3) is 0.310. The van der Waals surface area contributed by atoms with Crippen molar-refractivity contribution in [1.82, 2.24) is 5.32 Å². The van der Waals surface area contributed by atoms with Crippen molar-refractivity contribution in [2.24, 2.45) is 0 Å². The molecule has 6 nitrogen and oxygen atoms in total. The molecule has 0 aliphatic carbocycles. The quantitative estimate of drug-likeness (QED) is 0.398. The van der Waals surface area contributed by atoms with Crippen molar-refractivity contribution in [3.05, 3.63) is 93.0 Å². The second-order valence-corrected chi connectivity index (χ2v) is 10.9. The van der Waals surface area contributed by atoms with Crippen LogP contribution in [-0.2, 0) is 19.7 Å². The van der Waals surface area contributed by atoms with E-state index in [9.17, 15) is 14.0 Å². The topological polar surface area (TPSA) is 76.7 Å². The number of carbonyl (C=O) groups excluding carboxylic acids is 2. The fourth-order valence-electron chi connectivity index (χ4n) is 6.13. The van der Waals surface area contributed by atoms with Gasteiger partial charge in [0.2, 0.25) is 11.8 Å². The minimum atomic E-state index is -1.57. The molecule has 2 saturated heterocycles.